The number of carbonyl (C=O) groups is 1. The first-order valence-corrected chi connectivity index (χ1v) is 13.7. The maximum Gasteiger partial charge on any atom is 1.00 e. The summed E-state index contributed by atoms with van der Waals surface area (Å²) in [4.78, 5) is 26.7. The number of fused-ring (bicyclic) bond motifs is 2. The molecule has 0 unspecified atom stereocenters. The van der Waals surface area contributed by atoms with Crippen LogP contribution >= 0.6 is 23.2 Å². The molecule has 0 spiro atoms. The first-order valence-electron chi connectivity index (χ1n) is 12.9. The van der Waals surface area contributed by atoms with Gasteiger partial charge in [-0.15, -0.1) is 0 Å². The fraction of sp³-hybridized carbons (Fsp3) is 0.133. The second-order valence-electron chi connectivity index (χ2n) is 8.45. The van der Waals surface area contributed by atoms with Crippen LogP contribution in [0.1, 0.15) is 20.8 Å². The van der Waals surface area contributed by atoms with Gasteiger partial charge in [-0.25, -0.2) is 9.97 Å². The molecular formula is C30H27Cl2K2N7O5. The van der Waals surface area contributed by atoms with Crippen LogP contribution in [-0.2, 0) is 22.8 Å². The van der Waals surface area contributed by atoms with Crippen LogP contribution in [0.15, 0.2) is 86.0 Å². The van der Waals surface area contributed by atoms with Gasteiger partial charge in [-0.3, -0.25) is 14.8 Å². The van der Waals surface area contributed by atoms with Crippen molar-refractivity contribution in [1.82, 2.24) is 29.1 Å². The van der Waals surface area contributed by atoms with Gasteiger partial charge in [0.15, 0.2) is 0 Å². The van der Waals surface area contributed by atoms with E-state index >= 15 is 0 Å². The minimum atomic E-state index is -0.181. The van der Waals surface area contributed by atoms with Gasteiger partial charge in [0.1, 0.15) is 22.7 Å². The van der Waals surface area contributed by atoms with Gasteiger partial charge in [0.2, 0.25) is 5.88 Å². The van der Waals surface area contributed by atoms with E-state index < -0.39 is 0 Å². The van der Waals surface area contributed by atoms with Gasteiger partial charge in [0, 0.05) is 73.2 Å². The van der Waals surface area contributed by atoms with Crippen LogP contribution in [0.25, 0.3) is 21.8 Å². The van der Waals surface area contributed by atoms with E-state index in [0.717, 1.165) is 45.7 Å². The van der Waals surface area contributed by atoms with Gasteiger partial charge >= 0.3 is 103 Å². The maximum atomic E-state index is 9.34. The molecule has 0 atom stereocenters. The topological polar surface area (TPSA) is 164 Å². The van der Waals surface area contributed by atoms with Crippen molar-refractivity contribution in [3.8, 4) is 23.4 Å². The number of halogens is 2. The molecule has 1 N–H and O–H groups in total. The Morgan fingerprint density at radius 3 is 2.07 bits per heavy atom. The summed E-state index contributed by atoms with van der Waals surface area (Å²) >= 11 is 11.6. The third kappa shape index (κ3) is 12.6. The summed E-state index contributed by atoms with van der Waals surface area (Å²) in [5.74, 6) is 1.43. The summed E-state index contributed by atoms with van der Waals surface area (Å²) in [7, 11) is 0. The molecule has 4 heterocycles. The van der Waals surface area contributed by atoms with Crippen molar-refractivity contribution in [2.24, 2.45) is 0 Å². The number of phenolic OH excluding ortho intramolecular Hbond substituents is 1. The zero-order valence-electron chi connectivity index (χ0n) is 26.5. The predicted molar refractivity (Wildman–Crippen MR) is 164 cm³/mol. The van der Waals surface area contributed by atoms with Crippen LogP contribution in [0.2, 0.25) is 10.2 Å². The normalized spacial score (nSPS) is 9.39. The fourth-order valence-electron chi connectivity index (χ4n) is 3.92. The Hall–Kier alpha value is -1.95. The quantitative estimate of drug-likeness (QED) is 0.110. The molecule has 46 heavy (non-hydrogen) atoms. The van der Waals surface area contributed by atoms with Crippen molar-refractivity contribution < 1.29 is 129 Å². The van der Waals surface area contributed by atoms with Crippen molar-refractivity contribution in [3.05, 3.63) is 102 Å². The minimum Gasteiger partial charge on any atom is -1.00 e. The summed E-state index contributed by atoms with van der Waals surface area (Å²) < 4.78 is 9.70. The molecule has 2 aromatic carbocycles. The van der Waals surface area contributed by atoms with Crippen LogP contribution in [0.4, 0.5) is 0 Å². The molecule has 6 rings (SSSR count). The van der Waals surface area contributed by atoms with Gasteiger partial charge < -0.3 is 30.5 Å². The van der Waals surface area contributed by atoms with Gasteiger partial charge in [-0.05, 0) is 38.1 Å². The molecule has 0 bridgehead atoms. The molecular weight excluding hydrogens is 687 g/mol. The third-order valence-corrected chi connectivity index (χ3v) is 6.30. The van der Waals surface area contributed by atoms with E-state index in [9.17, 15) is 5.11 Å². The molecule has 0 fully saturated rings. The number of hydrogen-bond acceptors (Lipinski definition) is 10. The molecule has 0 radical (unpaired) electrons. The number of ether oxygens (including phenoxy) is 1. The fourth-order valence-corrected chi connectivity index (χ4v) is 4.31. The van der Waals surface area contributed by atoms with Gasteiger partial charge in [-0.2, -0.15) is 5.26 Å². The molecule has 4 aromatic heterocycles. The number of aryl methyl sites for hydroxylation is 2. The van der Waals surface area contributed by atoms with Crippen LogP contribution in [0.3, 0.4) is 0 Å². The van der Waals surface area contributed by atoms with Crippen LogP contribution in [0.5, 0.6) is 17.4 Å². The Balaban J connectivity index is 0.000000667. The van der Waals surface area contributed by atoms with Crippen LogP contribution in [0, 0.1) is 11.3 Å². The van der Waals surface area contributed by atoms with Gasteiger partial charge in [-0.1, -0.05) is 23.2 Å². The van der Waals surface area contributed by atoms with Crippen molar-refractivity contribution in [2.75, 3.05) is 0 Å². The van der Waals surface area contributed by atoms with Crippen LogP contribution < -0.4 is 113 Å². The number of aromatic nitrogens is 6. The monoisotopic (exact) mass is 713 g/mol. The molecule has 6 aromatic rings. The minimum absolute atomic E-state index is 0. The smallest absolute Gasteiger partial charge is 1.00 e. The van der Waals surface area contributed by atoms with Crippen molar-refractivity contribution in [3.63, 3.8) is 0 Å². The van der Waals surface area contributed by atoms with Crippen LogP contribution in [-0.4, -0.2) is 40.6 Å². The van der Waals surface area contributed by atoms with Crippen molar-refractivity contribution in [1.29, 1.82) is 5.26 Å². The number of hydrogen-bond donors (Lipinski definition) is 1. The summed E-state index contributed by atoms with van der Waals surface area (Å²) in [5, 5.41) is 29.8. The molecule has 12 nitrogen and oxygen atoms in total. The van der Waals surface area contributed by atoms with Crippen molar-refractivity contribution >= 4 is 51.5 Å². The number of aromatic hydroxyl groups is 1. The second-order valence-corrected chi connectivity index (χ2v) is 9.24. The zero-order chi connectivity index (χ0) is 31.9. The molecule has 0 aliphatic carbocycles. The zero-order valence-corrected chi connectivity index (χ0v) is 33.3. The summed E-state index contributed by atoms with van der Waals surface area (Å²) in [6.45, 7) is 5.55. The summed E-state index contributed by atoms with van der Waals surface area (Å²) in [5.41, 5.74) is 2.61. The molecule has 0 aliphatic rings. The number of carbonyl (C=O) groups excluding carboxylic acids is 1. The number of nitriles is 1. The Labute approximate surface area is 361 Å². The third-order valence-electron chi connectivity index (χ3n) is 5.81. The predicted octanol–water partition coefficient (Wildman–Crippen LogP) is -0.179. The van der Waals surface area contributed by atoms with E-state index in [0.29, 0.717) is 16.6 Å². The van der Waals surface area contributed by atoms with Gasteiger partial charge in [0.05, 0.1) is 34.0 Å². The first kappa shape index (κ1) is 42.1. The molecule has 0 saturated heterocycles. The van der Waals surface area contributed by atoms with E-state index in [4.69, 9.17) is 43.3 Å². The number of phenols is 1. The van der Waals surface area contributed by atoms with E-state index in [-0.39, 0.29) is 116 Å². The summed E-state index contributed by atoms with van der Waals surface area (Å²) in [6.07, 6.45) is 13.1. The Morgan fingerprint density at radius 2 is 1.54 bits per heavy atom. The SMILES string of the molecule is CCn1cc(C#N)c2ccc(O)cc21.CCn1cc(Cl)c2ccc(Oc3cnccn3)cc21.Clc1cnccn1.O=CO[O-].[H-].[K+].[K+]. The summed E-state index contributed by atoms with van der Waals surface area (Å²) in [6, 6.07) is 13.0. The standard InChI is InChI=1S/C14H12ClN3O.C11H10N2O.C4H3ClN2.CH2O3.2K.H/c1-2-18-9-12(15)11-4-3-10(7-13(11)18)19-14-8-16-5-6-17-14;1-2-13-7-8(6-12)10-4-3-9(14)5-11(10)13;5-4-3-6-1-2-7-4;2-1-4-3;;;/h3-9H,2H2,1H3;3-5,7,14H,2H2,1H3;1-3H;1,3H;;;/q;;;;2*+1;-1/p-1. The molecule has 228 valence electrons. The Kier molecular flexibility index (Phi) is 20.7. The van der Waals surface area contributed by atoms with E-state index in [1.165, 1.54) is 6.20 Å². The largest absolute Gasteiger partial charge is 1.00 e. The van der Waals surface area contributed by atoms with Crippen molar-refractivity contribution in [2.45, 2.75) is 26.9 Å². The second kappa shape index (κ2) is 22.6. The van der Waals surface area contributed by atoms with E-state index in [1.807, 2.05) is 42.1 Å². The van der Waals surface area contributed by atoms with Gasteiger partial charge in [0.25, 0.3) is 6.47 Å². The first-order chi connectivity index (χ1) is 21.3. The van der Waals surface area contributed by atoms with E-state index in [1.54, 1.807) is 49.2 Å². The number of rotatable bonds is 5. The number of benzene rings is 2. The average Bonchev–Trinajstić information content (AvgIpc) is 3.58. The Bertz CT molecular complexity index is 1840. The Morgan fingerprint density at radius 1 is 0.935 bits per heavy atom. The molecule has 0 saturated carbocycles. The maximum absolute atomic E-state index is 9.34. The molecule has 0 aliphatic heterocycles. The molecule has 0 amide bonds. The molecule has 16 heteroatoms. The average molecular weight is 715 g/mol. The van der Waals surface area contributed by atoms with E-state index in [2.05, 4.69) is 42.4 Å². The number of nitrogens with zero attached hydrogens (tertiary/aromatic N) is 7.